The smallest absolute Gasteiger partial charge is 0.306 e. The summed E-state index contributed by atoms with van der Waals surface area (Å²) in [5, 5.41) is 11.8. The Morgan fingerprint density at radius 3 is 2.46 bits per heavy atom. The quantitative estimate of drug-likeness (QED) is 0.649. The van der Waals surface area contributed by atoms with E-state index >= 15 is 0 Å². The van der Waals surface area contributed by atoms with E-state index in [0.717, 1.165) is 38.0 Å². The first-order valence-electron chi connectivity index (χ1n) is 11.7. The Labute approximate surface area is 166 Å². The molecule has 0 aromatic heterocycles. The van der Waals surface area contributed by atoms with Gasteiger partial charge in [0.05, 0.1) is 5.60 Å². The molecule has 1 heterocycles. The summed E-state index contributed by atoms with van der Waals surface area (Å²) in [6, 6.07) is 0. The first-order chi connectivity index (χ1) is 13.3. The van der Waals surface area contributed by atoms with Crippen LogP contribution in [0.15, 0.2) is 0 Å². The molecule has 1 saturated heterocycles. The van der Waals surface area contributed by atoms with Gasteiger partial charge in [0.2, 0.25) is 0 Å². The second kappa shape index (κ2) is 4.55. The highest BCUT2D eigenvalue weighted by Crippen LogP contribution is 2.83. The average Bonchev–Trinajstić information content (AvgIpc) is 3.54. The molecular formula is C24H32O4. The Morgan fingerprint density at radius 1 is 0.929 bits per heavy atom. The standard InChI is InChI=1S/C24H32O4/c1-21-6-3-12(25)11-23(21,27)16-9-13(16)19-15(21)4-7-22(2)20(19)14-10-17(14)24(22)8-5-18(26)28-24/h13-17,19-20,27H,3-11H2,1-2H3/t13?,14?,15?,16?,17?,19?,20?,21-,22+,23-,24?/m1/s1. The van der Waals surface area contributed by atoms with Gasteiger partial charge in [-0.05, 0) is 74.0 Å². The van der Waals surface area contributed by atoms with Crippen molar-refractivity contribution in [1.29, 1.82) is 0 Å². The maximum atomic E-state index is 12.3. The average molecular weight is 385 g/mol. The Balaban J connectivity index is 1.32. The highest BCUT2D eigenvalue weighted by molar-refractivity contribution is 5.81. The van der Waals surface area contributed by atoms with Crippen LogP contribution in [0, 0.1) is 52.3 Å². The van der Waals surface area contributed by atoms with E-state index in [0.29, 0.717) is 54.8 Å². The second-order valence-electron chi connectivity index (χ2n) is 12.1. The molecule has 1 aliphatic heterocycles. The summed E-state index contributed by atoms with van der Waals surface area (Å²) < 4.78 is 6.20. The third-order valence-corrected chi connectivity index (χ3v) is 11.6. The molecule has 11 atom stereocenters. The first-order valence-corrected chi connectivity index (χ1v) is 11.7. The number of hydrogen-bond acceptors (Lipinski definition) is 4. The molecule has 28 heavy (non-hydrogen) atoms. The number of ketones is 1. The minimum Gasteiger partial charge on any atom is -0.458 e. The lowest BCUT2D eigenvalue weighted by Crippen LogP contribution is -2.65. The van der Waals surface area contributed by atoms with Crippen LogP contribution in [0.1, 0.15) is 71.6 Å². The van der Waals surface area contributed by atoms with Crippen LogP contribution in [0.25, 0.3) is 0 Å². The van der Waals surface area contributed by atoms with Crippen LogP contribution in [0.3, 0.4) is 0 Å². The summed E-state index contributed by atoms with van der Waals surface area (Å²) in [7, 11) is 0. The van der Waals surface area contributed by atoms with Gasteiger partial charge in [-0.15, -0.1) is 0 Å². The second-order valence-corrected chi connectivity index (χ2v) is 12.1. The summed E-state index contributed by atoms with van der Waals surface area (Å²) >= 11 is 0. The van der Waals surface area contributed by atoms with Gasteiger partial charge in [0.15, 0.2) is 0 Å². The zero-order valence-electron chi connectivity index (χ0n) is 17.1. The number of fused-ring (bicyclic) bond motifs is 12. The molecule has 1 spiro atoms. The first kappa shape index (κ1) is 16.8. The number of esters is 1. The van der Waals surface area contributed by atoms with Gasteiger partial charge in [0, 0.05) is 36.0 Å². The van der Waals surface area contributed by atoms with Crippen molar-refractivity contribution in [2.45, 2.75) is 82.8 Å². The lowest BCUT2D eigenvalue weighted by molar-refractivity contribution is -0.223. The highest BCUT2D eigenvalue weighted by atomic mass is 16.6. The Bertz CT molecular complexity index is 821. The van der Waals surface area contributed by atoms with Crippen LogP contribution in [0.4, 0.5) is 0 Å². The normalized spacial score (nSPS) is 65.8. The topological polar surface area (TPSA) is 63.6 Å². The van der Waals surface area contributed by atoms with Gasteiger partial charge in [-0.25, -0.2) is 0 Å². The van der Waals surface area contributed by atoms with E-state index in [1.54, 1.807) is 0 Å². The van der Waals surface area contributed by atoms with E-state index in [2.05, 4.69) is 13.8 Å². The molecule has 152 valence electrons. The minimum atomic E-state index is -0.763. The van der Waals surface area contributed by atoms with Crippen molar-refractivity contribution in [3.8, 4) is 0 Å². The number of Topliss-reactive ketones (excluding diaryl/α,β-unsaturated/α-hetero) is 1. The van der Waals surface area contributed by atoms with Gasteiger partial charge in [-0.2, -0.15) is 0 Å². The molecule has 6 saturated carbocycles. The van der Waals surface area contributed by atoms with Gasteiger partial charge in [0.1, 0.15) is 11.4 Å². The molecule has 0 radical (unpaired) electrons. The predicted molar refractivity (Wildman–Crippen MR) is 101 cm³/mol. The zero-order chi connectivity index (χ0) is 19.3. The number of carbonyl (C=O) groups excluding carboxylic acids is 2. The van der Waals surface area contributed by atoms with Crippen molar-refractivity contribution in [2.24, 2.45) is 52.3 Å². The van der Waals surface area contributed by atoms with Crippen LogP contribution < -0.4 is 0 Å². The van der Waals surface area contributed by atoms with E-state index in [4.69, 9.17) is 4.74 Å². The molecule has 0 bridgehead atoms. The van der Waals surface area contributed by atoms with Gasteiger partial charge < -0.3 is 9.84 Å². The number of hydrogen-bond donors (Lipinski definition) is 1. The fourth-order valence-corrected chi connectivity index (χ4v) is 10.3. The van der Waals surface area contributed by atoms with Gasteiger partial charge in [-0.3, -0.25) is 9.59 Å². The van der Waals surface area contributed by atoms with Crippen LogP contribution in [-0.2, 0) is 14.3 Å². The molecule has 4 heteroatoms. The number of carbonyl (C=O) groups is 2. The van der Waals surface area contributed by atoms with Crippen LogP contribution in [0.2, 0.25) is 0 Å². The Morgan fingerprint density at radius 2 is 1.71 bits per heavy atom. The third-order valence-electron chi connectivity index (χ3n) is 11.6. The van der Waals surface area contributed by atoms with Crippen molar-refractivity contribution in [3.05, 3.63) is 0 Å². The van der Waals surface area contributed by atoms with Crippen LogP contribution >= 0.6 is 0 Å². The zero-order valence-corrected chi connectivity index (χ0v) is 17.1. The maximum Gasteiger partial charge on any atom is 0.306 e. The van der Waals surface area contributed by atoms with Gasteiger partial charge in [0.25, 0.3) is 0 Å². The summed E-state index contributed by atoms with van der Waals surface area (Å²) in [5.74, 6) is 4.36. The van der Waals surface area contributed by atoms with Crippen LogP contribution in [0.5, 0.6) is 0 Å². The Hall–Kier alpha value is -0.900. The molecule has 0 aromatic carbocycles. The molecule has 0 amide bonds. The fraction of sp³-hybridized carbons (Fsp3) is 0.917. The lowest BCUT2D eigenvalue weighted by atomic mass is 9.42. The van der Waals surface area contributed by atoms with E-state index in [1.165, 1.54) is 6.42 Å². The number of rotatable bonds is 0. The Kier molecular flexibility index (Phi) is 2.74. The molecule has 0 aromatic rings. The van der Waals surface area contributed by atoms with E-state index in [-0.39, 0.29) is 28.2 Å². The minimum absolute atomic E-state index is 0.0229. The van der Waals surface area contributed by atoms with Gasteiger partial charge in [-0.1, -0.05) is 13.8 Å². The van der Waals surface area contributed by atoms with E-state index in [1.807, 2.05) is 0 Å². The van der Waals surface area contributed by atoms with Crippen molar-refractivity contribution in [2.75, 3.05) is 0 Å². The summed E-state index contributed by atoms with van der Waals surface area (Å²) in [4.78, 5) is 24.4. The largest absolute Gasteiger partial charge is 0.458 e. The molecule has 4 nitrogen and oxygen atoms in total. The summed E-state index contributed by atoms with van der Waals surface area (Å²) in [6.07, 6.45) is 8.04. The molecule has 7 aliphatic rings. The summed E-state index contributed by atoms with van der Waals surface area (Å²) in [5.41, 5.74) is -0.943. The van der Waals surface area contributed by atoms with E-state index < -0.39 is 5.60 Å². The summed E-state index contributed by atoms with van der Waals surface area (Å²) in [6.45, 7) is 4.77. The van der Waals surface area contributed by atoms with Crippen molar-refractivity contribution >= 4 is 11.8 Å². The molecule has 8 unspecified atom stereocenters. The molecule has 7 fully saturated rings. The third kappa shape index (κ3) is 1.55. The van der Waals surface area contributed by atoms with Crippen molar-refractivity contribution < 1.29 is 19.4 Å². The van der Waals surface area contributed by atoms with Gasteiger partial charge >= 0.3 is 5.97 Å². The van der Waals surface area contributed by atoms with Crippen LogP contribution in [-0.4, -0.2) is 28.1 Å². The van der Waals surface area contributed by atoms with Crippen molar-refractivity contribution in [3.63, 3.8) is 0 Å². The molecule has 1 N–H and O–H groups in total. The fourth-order valence-electron chi connectivity index (χ4n) is 10.3. The maximum absolute atomic E-state index is 12.3. The number of ether oxygens (including phenoxy) is 1. The SMILES string of the molecule is C[C@]12CCC3C(C4CC4[C@]4(O)CC(=O)CC[C@]34C)C1C1CC1C21CCC(=O)O1. The lowest BCUT2D eigenvalue weighted by Gasteiger charge is -2.64. The predicted octanol–water partition coefficient (Wildman–Crippen LogP) is 3.50. The highest BCUT2D eigenvalue weighted by Gasteiger charge is 2.83. The molecule has 7 rings (SSSR count). The van der Waals surface area contributed by atoms with Crippen molar-refractivity contribution in [1.82, 2.24) is 0 Å². The monoisotopic (exact) mass is 384 g/mol. The van der Waals surface area contributed by atoms with E-state index in [9.17, 15) is 14.7 Å². The number of aliphatic hydroxyl groups is 1. The molecule has 6 aliphatic carbocycles. The molecular weight excluding hydrogens is 352 g/mol.